The fourth-order valence-electron chi connectivity index (χ4n) is 1.74. The van der Waals surface area contributed by atoms with E-state index in [9.17, 15) is 13.2 Å². The average Bonchev–Trinajstić information content (AvgIpc) is 2.85. The molecule has 0 bridgehead atoms. The maximum absolute atomic E-state index is 13.0. The Balaban J connectivity index is 2.35. The molecule has 0 saturated carbocycles. The van der Waals surface area contributed by atoms with Crippen molar-refractivity contribution in [2.45, 2.75) is 19.6 Å². The van der Waals surface area contributed by atoms with E-state index in [1.54, 1.807) is 10.9 Å². The number of thiocarbonyl (C=S) groups is 1. The largest absolute Gasteiger partial charge is 0.454 e. The quantitative estimate of drug-likeness (QED) is 0.879. The van der Waals surface area contributed by atoms with E-state index in [0.29, 0.717) is 12.3 Å². The lowest BCUT2D eigenvalue weighted by atomic mass is 10.1. The van der Waals surface area contributed by atoms with Gasteiger partial charge in [-0.1, -0.05) is 12.2 Å². The first-order valence-corrected chi connectivity index (χ1v) is 6.43. The number of benzene rings is 1. The number of halogens is 3. The molecule has 21 heavy (non-hydrogen) atoms. The van der Waals surface area contributed by atoms with Crippen LogP contribution in [0, 0.1) is 0 Å². The summed E-state index contributed by atoms with van der Waals surface area (Å²) in [4.78, 5) is -0.312. The van der Waals surface area contributed by atoms with Crippen molar-refractivity contribution in [3.63, 3.8) is 0 Å². The minimum absolute atomic E-state index is 0.0398. The zero-order valence-electron chi connectivity index (χ0n) is 11.0. The minimum Gasteiger partial charge on any atom is -0.454 e. The van der Waals surface area contributed by atoms with Gasteiger partial charge in [0.2, 0.25) is 0 Å². The number of nitrogens with two attached hydrogens (primary N) is 1. The predicted molar refractivity (Wildman–Crippen MR) is 75.3 cm³/mol. The topological polar surface area (TPSA) is 53.1 Å². The second-order valence-electron chi connectivity index (χ2n) is 4.20. The van der Waals surface area contributed by atoms with E-state index in [1.165, 1.54) is 18.3 Å². The molecule has 0 spiro atoms. The van der Waals surface area contributed by atoms with Gasteiger partial charge < -0.3 is 10.5 Å². The highest BCUT2D eigenvalue weighted by Crippen LogP contribution is 2.35. The standard InChI is InChI=1S/C13H12F3N3OS/c1-2-19-7-9(6-18-19)20-8-3-4-10(12(17)21)11(5-8)13(14,15)16/h3-7H,2H2,1H3,(H2,17,21). The number of aromatic nitrogens is 2. The van der Waals surface area contributed by atoms with Crippen LogP contribution in [0.4, 0.5) is 13.2 Å². The Kier molecular flexibility index (Phi) is 4.17. The molecule has 0 atom stereocenters. The van der Waals surface area contributed by atoms with Crippen LogP contribution in [-0.4, -0.2) is 14.8 Å². The van der Waals surface area contributed by atoms with E-state index in [2.05, 4.69) is 17.3 Å². The minimum atomic E-state index is -4.56. The van der Waals surface area contributed by atoms with Crippen molar-refractivity contribution < 1.29 is 17.9 Å². The Hall–Kier alpha value is -2.09. The SMILES string of the molecule is CCn1cc(Oc2ccc(C(N)=S)c(C(F)(F)F)c2)cn1. The van der Waals surface area contributed by atoms with E-state index >= 15 is 0 Å². The van der Waals surface area contributed by atoms with Gasteiger partial charge >= 0.3 is 6.18 Å². The van der Waals surface area contributed by atoms with Crippen LogP contribution in [0.3, 0.4) is 0 Å². The lowest BCUT2D eigenvalue weighted by Gasteiger charge is -2.13. The summed E-state index contributed by atoms with van der Waals surface area (Å²) in [5.74, 6) is 0.394. The van der Waals surface area contributed by atoms with Crippen LogP contribution < -0.4 is 10.5 Å². The molecule has 0 fully saturated rings. The highest BCUT2D eigenvalue weighted by molar-refractivity contribution is 7.80. The molecular formula is C13H12F3N3OS. The van der Waals surface area contributed by atoms with Gasteiger partial charge in [0.25, 0.3) is 0 Å². The molecule has 0 aliphatic carbocycles. The molecule has 2 rings (SSSR count). The van der Waals surface area contributed by atoms with E-state index < -0.39 is 11.7 Å². The Morgan fingerprint density at radius 2 is 2.10 bits per heavy atom. The molecular weight excluding hydrogens is 303 g/mol. The number of hydrogen-bond donors (Lipinski definition) is 1. The third-order valence-electron chi connectivity index (χ3n) is 2.73. The molecule has 0 saturated heterocycles. The highest BCUT2D eigenvalue weighted by atomic mass is 32.1. The lowest BCUT2D eigenvalue weighted by molar-refractivity contribution is -0.137. The molecule has 1 aromatic carbocycles. The lowest BCUT2D eigenvalue weighted by Crippen LogP contribution is -2.17. The summed E-state index contributed by atoms with van der Waals surface area (Å²) in [5.41, 5.74) is 4.16. The van der Waals surface area contributed by atoms with E-state index in [4.69, 9.17) is 10.5 Å². The molecule has 0 radical (unpaired) electrons. The Labute approximate surface area is 124 Å². The molecule has 0 aliphatic rings. The van der Waals surface area contributed by atoms with Crippen LogP contribution in [0.5, 0.6) is 11.5 Å². The van der Waals surface area contributed by atoms with Gasteiger partial charge in [-0.25, -0.2) is 0 Å². The van der Waals surface area contributed by atoms with Gasteiger partial charge in [-0.15, -0.1) is 0 Å². The summed E-state index contributed by atoms with van der Waals surface area (Å²) in [7, 11) is 0. The molecule has 112 valence electrons. The number of rotatable bonds is 4. The summed E-state index contributed by atoms with van der Waals surface area (Å²) in [6.45, 7) is 2.52. The first kappa shape index (κ1) is 15.3. The maximum Gasteiger partial charge on any atom is 0.417 e. The van der Waals surface area contributed by atoms with Gasteiger partial charge in [0.05, 0.1) is 18.0 Å². The zero-order valence-corrected chi connectivity index (χ0v) is 11.8. The summed E-state index contributed by atoms with van der Waals surface area (Å²) in [6, 6.07) is 3.45. The van der Waals surface area contributed by atoms with Crippen molar-refractivity contribution in [2.75, 3.05) is 0 Å². The first-order valence-electron chi connectivity index (χ1n) is 6.02. The van der Waals surface area contributed by atoms with Crippen LogP contribution >= 0.6 is 12.2 Å². The molecule has 2 N–H and O–H groups in total. The molecule has 0 amide bonds. The number of alkyl halides is 3. The van der Waals surface area contributed by atoms with Crippen LogP contribution in [0.25, 0.3) is 0 Å². The van der Waals surface area contributed by atoms with Gasteiger partial charge in [0.15, 0.2) is 5.75 Å². The molecule has 2 aromatic rings. The van der Waals surface area contributed by atoms with Crippen LogP contribution in [0.2, 0.25) is 0 Å². The van der Waals surface area contributed by atoms with Gasteiger partial charge in [-0.05, 0) is 25.1 Å². The van der Waals surface area contributed by atoms with Crippen LogP contribution in [0.15, 0.2) is 30.6 Å². The summed E-state index contributed by atoms with van der Waals surface area (Å²) in [6.07, 6.45) is -1.54. The monoisotopic (exact) mass is 315 g/mol. The fourth-order valence-corrected chi connectivity index (χ4v) is 1.92. The smallest absolute Gasteiger partial charge is 0.417 e. The van der Waals surface area contributed by atoms with Crippen molar-refractivity contribution in [1.82, 2.24) is 9.78 Å². The van der Waals surface area contributed by atoms with Crippen molar-refractivity contribution in [2.24, 2.45) is 5.73 Å². The molecule has 1 aromatic heterocycles. The zero-order chi connectivity index (χ0) is 15.6. The number of nitrogens with zero attached hydrogens (tertiary/aromatic N) is 2. The van der Waals surface area contributed by atoms with Crippen molar-refractivity contribution in [3.8, 4) is 11.5 Å². The second-order valence-corrected chi connectivity index (χ2v) is 4.64. The van der Waals surface area contributed by atoms with Crippen molar-refractivity contribution in [1.29, 1.82) is 0 Å². The summed E-state index contributed by atoms with van der Waals surface area (Å²) >= 11 is 4.63. The van der Waals surface area contributed by atoms with Gasteiger partial charge in [-0.3, -0.25) is 4.68 Å². The maximum atomic E-state index is 13.0. The Morgan fingerprint density at radius 3 is 2.62 bits per heavy atom. The number of ether oxygens (including phenoxy) is 1. The average molecular weight is 315 g/mol. The Morgan fingerprint density at radius 1 is 1.38 bits per heavy atom. The number of hydrogen-bond acceptors (Lipinski definition) is 3. The molecule has 0 unspecified atom stereocenters. The van der Waals surface area contributed by atoms with E-state index in [1.807, 2.05) is 6.92 Å². The third kappa shape index (κ3) is 3.52. The Bertz CT molecular complexity index is 667. The molecule has 4 nitrogen and oxygen atoms in total. The second kappa shape index (κ2) is 5.72. The normalized spacial score (nSPS) is 11.4. The van der Waals surface area contributed by atoms with Crippen LogP contribution in [-0.2, 0) is 12.7 Å². The third-order valence-corrected chi connectivity index (χ3v) is 2.95. The van der Waals surface area contributed by atoms with Crippen molar-refractivity contribution >= 4 is 17.2 Å². The first-order chi connectivity index (χ1) is 9.81. The highest BCUT2D eigenvalue weighted by Gasteiger charge is 2.34. The summed E-state index contributed by atoms with van der Waals surface area (Å²) < 4.78 is 46.0. The predicted octanol–water partition coefficient (Wildman–Crippen LogP) is 3.35. The molecule has 0 aliphatic heterocycles. The summed E-state index contributed by atoms with van der Waals surface area (Å²) in [5, 5.41) is 3.98. The number of aryl methyl sites for hydroxylation is 1. The van der Waals surface area contributed by atoms with Gasteiger partial charge in [0, 0.05) is 12.1 Å². The fraction of sp³-hybridized carbons (Fsp3) is 0.231. The van der Waals surface area contributed by atoms with Gasteiger partial charge in [-0.2, -0.15) is 18.3 Å². The van der Waals surface area contributed by atoms with E-state index in [0.717, 1.165) is 6.07 Å². The molecule has 1 heterocycles. The van der Waals surface area contributed by atoms with Crippen LogP contribution in [0.1, 0.15) is 18.1 Å². The molecule has 8 heteroatoms. The van der Waals surface area contributed by atoms with Gasteiger partial charge in [0.1, 0.15) is 10.7 Å². The van der Waals surface area contributed by atoms with Crippen molar-refractivity contribution in [3.05, 3.63) is 41.7 Å². The van der Waals surface area contributed by atoms with E-state index in [-0.39, 0.29) is 16.3 Å².